The van der Waals surface area contributed by atoms with Crippen molar-refractivity contribution in [3.63, 3.8) is 0 Å². The van der Waals surface area contributed by atoms with E-state index in [1.165, 1.54) is 16.2 Å². The summed E-state index contributed by atoms with van der Waals surface area (Å²) in [6.45, 7) is 2.09. The van der Waals surface area contributed by atoms with Crippen molar-refractivity contribution < 1.29 is 14.3 Å². The zero-order valence-electron chi connectivity index (χ0n) is 14.4. The number of anilines is 1. The molecule has 0 aromatic carbocycles. The van der Waals surface area contributed by atoms with Crippen LogP contribution in [0.5, 0.6) is 0 Å². The van der Waals surface area contributed by atoms with Crippen LogP contribution >= 0.6 is 11.3 Å². The summed E-state index contributed by atoms with van der Waals surface area (Å²) in [5.74, 6) is -0.685. The lowest BCUT2D eigenvalue weighted by Gasteiger charge is -2.12. The fraction of sp³-hybridized carbons (Fsp3) is 0.316. The van der Waals surface area contributed by atoms with E-state index in [0.717, 1.165) is 31.2 Å². The predicted octanol–water partition coefficient (Wildman–Crippen LogP) is 3.70. The molecule has 4 rings (SSSR count). The van der Waals surface area contributed by atoms with Gasteiger partial charge in [-0.25, -0.2) is 9.78 Å². The van der Waals surface area contributed by atoms with Gasteiger partial charge in [-0.15, -0.1) is 11.3 Å². The highest BCUT2D eigenvalue weighted by Gasteiger charge is 2.27. The first-order chi connectivity index (χ1) is 12.7. The summed E-state index contributed by atoms with van der Waals surface area (Å²) in [4.78, 5) is 30.7. The van der Waals surface area contributed by atoms with E-state index in [2.05, 4.69) is 10.3 Å². The van der Waals surface area contributed by atoms with Crippen molar-refractivity contribution in [1.82, 2.24) is 9.38 Å². The lowest BCUT2D eigenvalue weighted by molar-refractivity contribution is 0.0526. The first-order valence-corrected chi connectivity index (χ1v) is 9.55. The molecule has 134 valence electrons. The maximum absolute atomic E-state index is 12.7. The van der Waals surface area contributed by atoms with Gasteiger partial charge in [0, 0.05) is 17.3 Å². The van der Waals surface area contributed by atoms with Gasteiger partial charge in [-0.1, -0.05) is 6.07 Å². The van der Waals surface area contributed by atoms with Crippen molar-refractivity contribution in [2.45, 2.75) is 32.6 Å². The van der Waals surface area contributed by atoms with Crippen LogP contribution in [0.25, 0.3) is 5.65 Å². The van der Waals surface area contributed by atoms with E-state index in [9.17, 15) is 9.59 Å². The highest BCUT2D eigenvalue weighted by Crippen LogP contribution is 2.38. The predicted molar refractivity (Wildman–Crippen MR) is 100 cm³/mol. The number of carbonyl (C=O) groups is 2. The number of thiophene rings is 1. The van der Waals surface area contributed by atoms with Crippen molar-refractivity contribution in [3.8, 4) is 0 Å². The number of ether oxygens (including phenoxy) is 1. The Hall–Kier alpha value is -2.67. The molecule has 6 nitrogen and oxygen atoms in total. The number of carbonyl (C=O) groups excluding carboxylic acids is 2. The highest BCUT2D eigenvalue weighted by atomic mass is 32.1. The van der Waals surface area contributed by atoms with Crippen LogP contribution in [0.15, 0.2) is 30.6 Å². The van der Waals surface area contributed by atoms with E-state index in [0.29, 0.717) is 28.5 Å². The van der Waals surface area contributed by atoms with Crippen molar-refractivity contribution in [1.29, 1.82) is 0 Å². The Kier molecular flexibility index (Phi) is 4.46. The molecule has 0 saturated carbocycles. The summed E-state index contributed by atoms with van der Waals surface area (Å²) in [6.07, 6.45) is 7.47. The maximum atomic E-state index is 12.7. The number of aryl methyl sites for hydroxylation is 1. The van der Waals surface area contributed by atoms with Crippen LogP contribution in [0.4, 0.5) is 5.00 Å². The molecular weight excluding hydrogens is 350 g/mol. The number of aromatic nitrogens is 2. The Balaban J connectivity index is 1.67. The zero-order valence-corrected chi connectivity index (χ0v) is 15.3. The number of hydrogen-bond donors (Lipinski definition) is 1. The number of nitrogens with one attached hydrogen (secondary N) is 1. The van der Waals surface area contributed by atoms with Crippen LogP contribution in [0.1, 0.15) is 51.1 Å². The summed E-state index contributed by atoms with van der Waals surface area (Å²) in [6, 6.07) is 5.59. The fourth-order valence-corrected chi connectivity index (χ4v) is 4.56. The number of hydrogen-bond acceptors (Lipinski definition) is 5. The second-order valence-corrected chi connectivity index (χ2v) is 7.29. The molecule has 0 atom stereocenters. The smallest absolute Gasteiger partial charge is 0.341 e. The van der Waals surface area contributed by atoms with Crippen LogP contribution in [-0.4, -0.2) is 27.9 Å². The lowest BCUT2D eigenvalue weighted by atomic mass is 9.95. The molecule has 26 heavy (non-hydrogen) atoms. The van der Waals surface area contributed by atoms with E-state index in [-0.39, 0.29) is 11.9 Å². The van der Waals surface area contributed by atoms with Gasteiger partial charge in [0.25, 0.3) is 5.91 Å². The molecule has 0 fully saturated rings. The van der Waals surface area contributed by atoms with Crippen LogP contribution in [0.2, 0.25) is 0 Å². The first kappa shape index (κ1) is 16.8. The quantitative estimate of drug-likeness (QED) is 0.712. The van der Waals surface area contributed by atoms with E-state index in [1.54, 1.807) is 17.5 Å². The lowest BCUT2D eigenvalue weighted by Crippen LogP contribution is -2.16. The van der Waals surface area contributed by atoms with Crippen molar-refractivity contribution in [3.05, 3.63) is 52.3 Å². The molecule has 3 heterocycles. The highest BCUT2D eigenvalue weighted by molar-refractivity contribution is 7.17. The Bertz CT molecular complexity index is 956. The minimum absolute atomic E-state index is 0.309. The summed E-state index contributed by atoms with van der Waals surface area (Å²) in [5, 5.41) is 3.45. The number of pyridine rings is 1. The molecule has 0 bridgehead atoms. The van der Waals surface area contributed by atoms with Gasteiger partial charge < -0.3 is 14.5 Å². The summed E-state index contributed by atoms with van der Waals surface area (Å²) < 4.78 is 7.02. The van der Waals surface area contributed by atoms with Gasteiger partial charge in [-0.05, 0) is 50.3 Å². The zero-order chi connectivity index (χ0) is 18.1. The molecule has 0 spiro atoms. The normalized spacial score (nSPS) is 13.4. The molecule has 3 aromatic rings. The van der Waals surface area contributed by atoms with Gasteiger partial charge in [-0.3, -0.25) is 4.79 Å². The standard InChI is InChI=1S/C19H19N3O3S/c1-2-25-19(24)16-12-7-3-4-8-14(12)26-18(16)21-17(23)13-11-22-10-6-5-9-15(22)20-13/h5-6,9-11H,2-4,7-8H2,1H3,(H,21,23). The second-order valence-electron chi connectivity index (χ2n) is 6.18. The second kappa shape index (κ2) is 6.92. The molecule has 7 heteroatoms. The van der Waals surface area contributed by atoms with Crippen LogP contribution in [-0.2, 0) is 17.6 Å². The number of amides is 1. The average Bonchev–Trinajstić information content (AvgIpc) is 3.22. The number of imidazole rings is 1. The molecule has 1 aliphatic rings. The minimum atomic E-state index is -0.364. The van der Waals surface area contributed by atoms with E-state index >= 15 is 0 Å². The van der Waals surface area contributed by atoms with E-state index in [1.807, 2.05) is 24.4 Å². The third-order valence-corrected chi connectivity index (χ3v) is 5.68. The molecular formula is C19H19N3O3S. The largest absolute Gasteiger partial charge is 0.462 e. The molecule has 0 unspecified atom stereocenters. The average molecular weight is 369 g/mol. The Morgan fingerprint density at radius 3 is 2.96 bits per heavy atom. The third-order valence-electron chi connectivity index (χ3n) is 4.47. The molecule has 0 saturated heterocycles. The van der Waals surface area contributed by atoms with E-state index in [4.69, 9.17) is 4.74 Å². The number of rotatable bonds is 4. The van der Waals surface area contributed by atoms with Gasteiger partial charge >= 0.3 is 5.97 Å². The molecule has 3 aromatic heterocycles. The SMILES string of the molecule is CCOC(=O)c1c(NC(=O)c2cn3ccccc3n2)sc2c1CCCC2. The summed E-state index contributed by atoms with van der Waals surface area (Å²) in [5.41, 5.74) is 2.57. The van der Waals surface area contributed by atoms with E-state index < -0.39 is 0 Å². The molecule has 0 aliphatic heterocycles. The van der Waals surface area contributed by atoms with Crippen LogP contribution < -0.4 is 5.32 Å². The van der Waals surface area contributed by atoms with Gasteiger partial charge in [-0.2, -0.15) is 0 Å². The van der Waals surface area contributed by atoms with Crippen LogP contribution in [0, 0.1) is 0 Å². The Morgan fingerprint density at radius 2 is 2.15 bits per heavy atom. The van der Waals surface area contributed by atoms with Gasteiger partial charge in [0.2, 0.25) is 0 Å². The number of nitrogens with zero attached hydrogens (tertiary/aromatic N) is 2. The van der Waals surface area contributed by atoms with Gasteiger partial charge in [0.15, 0.2) is 0 Å². The summed E-state index contributed by atoms with van der Waals surface area (Å²) >= 11 is 1.48. The van der Waals surface area contributed by atoms with Gasteiger partial charge in [0.1, 0.15) is 16.3 Å². The first-order valence-electron chi connectivity index (χ1n) is 8.74. The Labute approximate surface area is 154 Å². The monoisotopic (exact) mass is 369 g/mol. The summed E-state index contributed by atoms with van der Waals surface area (Å²) in [7, 11) is 0. The number of fused-ring (bicyclic) bond motifs is 2. The topological polar surface area (TPSA) is 72.7 Å². The van der Waals surface area contributed by atoms with Crippen molar-refractivity contribution in [2.75, 3.05) is 11.9 Å². The van der Waals surface area contributed by atoms with Gasteiger partial charge in [0.05, 0.1) is 12.2 Å². The molecule has 1 amide bonds. The molecule has 1 aliphatic carbocycles. The maximum Gasteiger partial charge on any atom is 0.341 e. The third kappa shape index (κ3) is 2.99. The number of esters is 1. The van der Waals surface area contributed by atoms with Crippen LogP contribution in [0.3, 0.4) is 0 Å². The minimum Gasteiger partial charge on any atom is -0.462 e. The van der Waals surface area contributed by atoms with Crippen molar-refractivity contribution in [2.24, 2.45) is 0 Å². The fourth-order valence-electron chi connectivity index (χ4n) is 3.28. The Morgan fingerprint density at radius 1 is 1.31 bits per heavy atom. The molecule has 1 N–H and O–H groups in total. The van der Waals surface area contributed by atoms with Crippen molar-refractivity contribution >= 4 is 33.9 Å². The molecule has 0 radical (unpaired) electrons.